The number of aromatic nitrogens is 5. The van der Waals surface area contributed by atoms with Gasteiger partial charge in [-0.25, -0.2) is 4.68 Å². The molecule has 0 unspecified atom stereocenters. The monoisotopic (exact) mass is 390 g/mol. The summed E-state index contributed by atoms with van der Waals surface area (Å²) in [6.07, 6.45) is 4.01. The Bertz CT molecular complexity index is 1080. The SMILES string of the molecule is CN(Cc1cnn(Cc2ccccc2)c1)Cn1[nH]c(-c2ccccc2)nc1=S. The fraction of sp³-hybridized carbons (Fsp3) is 0.190. The zero-order valence-electron chi connectivity index (χ0n) is 15.7. The Morgan fingerprint density at radius 1 is 1.00 bits per heavy atom. The van der Waals surface area contributed by atoms with E-state index in [2.05, 4.69) is 45.5 Å². The van der Waals surface area contributed by atoms with E-state index in [1.807, 2.05) is 64.1 Å². The first-order valence-corrected chi connectivity index (χ1v) is 9.54. The van der Waals surface area contributed by atoms with Gasteiger partial charge >= 0.3 is 0 Å². The summed E-state index contributed by atoms with van der Waals surface area (Å²) >= 11 is 5.41. The summed E-state index contributed by atoms with van der Waals surface area (Å²) in [5.41, 5.74) is 3.42. The van der Waals surface area contributed by atoms with Crippen LogP contribution in [0, 0.1) is 4.77 Å². The predicted octanol–water partition coefficient (Wildman–Crippen LogP) is 3.94. The van der Waals surface area contributed by atoms with Crippen LogP contribution in [0.5, 0.6) is 0 Å². The molecule has 0 aliphatic rings. The van der Waals surface area contributed by atoms with E-state index in [9.17, 15) is 0 Å². The minimum Gasteiger partial charge on any atom is -0.283 e. The maximum Gasteiger partial charge on any atom is 0.217 e. The van der Waals surface area contributed by atoms with Crippen molar-refractivity contribution in [2.45, 2.75) is 19.8 Å². The molecule has 0 radical (unpaired) electrons. The standard InChI is InChI=1S/C21H22N6S/c1-25(13-18-12-22-26(15-18)14-17-8-4-2-5-9-17)16-27-21(28)23-20(24-27)19-10-6-3-7-11-19/h2-12,15H,13-14,16H2,1H3,(H,23,24,28). The molecule has 0 saturated carbocycles. The smallest absolute Gasteiger partial charge is 0.217 e. The molecule has 6 nitrogen and oxygen atoms in total. The highest BCUT2D eigenvalue weighted by Crippen LogP contribution is 2.14. The molecule has 142 valence electrons. The van der Waals surface area contributed by atoms with Crippen LogP contribution >= 0.6 is 12.2 Å². The van der Waals surface area contributed by atoms with Crippen LogP contribution < -0.4 is 0 Å². The van der Waals surface area contributed by atoms with Gasteiger partial charge in [0.15, 0.2) is 5.82 Å². The third-order valence-electron chi connectivity index (χ3n) is 4.44. The summed E-state index contributed by atoms with van der Waals surface area (Å²) in [5, 5.41) is 7.77. The van der Waals surface area contributed by atoms with E-state index < -0.39 is 0 Å². The number of rotatable bonds is 7. The molecule has 4 rings (SSSR count). The molecule has 2 aromatic carbocycles. The average Bonchev–Trinajstić information content (AvgIpc) is 3.30. The zero-order valence-corrected chi connectivity index (χ0v) is 16.5. The first-order valence-electron chi connectivity index (χ1n) is 9.13. The summed E-state index contributed by atoms with van der Waals surface area (Å²) in [5.74, 6) is 0.787. The third-order valence-corrected chi connectivity index (χ3v) is 4.75. The first-order chi connectivity index (χ1) is 13.7. The van der Waals surface area contributed by atoms with Crippen LogP contribution in [0.2, 0.25) is 0 Å². The molecule has 0 atom stereocenters. The second-order valence-electron chi connectivity index (χ2n) is 6.84. The van der Waals surface area contributed by atoms with Crippen LogP contribution in [0.1, 0.15) is 11.1 Å². The van der Waals surface area contributed by atoms with Crippen molar-refractivity contribution in [1.29, 1.82) is 0 Å². The number of aromatic amines is 1. The van der Waals surface area contributed by atoms with Crippen molar-refractivity contribution < 1.29 is 0 Å². The van der Waals surface area contributed by atoms with Crippen molar-refractivity contribution in [2.75, 3.05) is 7.05 Å². The van der Waals surface area contributed by atoms with E-state index >= 15 is 0 Å². The van der Waals surface area contributed by atoms with Crippen molar-refractivity contribution in [3.8, 4) is 11.4 Å². The highest BCUT2D eigenvalue weighted by atomic mass is 32.1. The van der Waals surface area contributed by atoms with Crippen LogP contribution in [0.4, 0.5) is 0 Å². The number of nitrogens with one attached hydrogen (secondary N) is 1. The Balaban J connectivity index is 1.39. The van der Waals surface area contributed by atoms with Crippen LogP contribution in [0.25, 0.3) is 11.4 Å². The number of H-pyrrole nitrogens is 1. The van der Waals surface area contributed by atoms with E-state index in [0.717, 1.165) is 30.0 Å². The van der Waals surface area contributed by atoms with Gasteiger partial charge in [-0.3, -0.25) is 14.7 Å². The van der Waals surface area contributed by atoms with Gasteiger partial charge in [-0.05, 0) is 24.8 Å². The van der Waals surface area contributed by atoms with Gasteiger partial charge in [0.05, 0.1) is 19.4 Å². The van der Waals surface area contributed by atoms with Crippen LogP contribution in [-0.4, -0.2) is 36.5 Å². The largest absolute Gasteiger partial charge is 0.283 e. The second-order valence-corrected chi connectivity index (χ2v) is 7.20. The molecule has 0 aliphatic carbocycles. The Morgan fingerprint density at radius 3 is 2.46 bits per heavy atom. The Labute approximate surface area is 169 Å². The molecule has 4 aromatic rings. The Morgan fingerprint density at radius 2 is 1.71 bits per heavy atom. The summed E-state index contributed by atoms with van der Waals surface area (Å²) in [7, 11) is 2.05. The van der Waals surface area contributed by atoms with Crippen LogP contribution in [-0.2, 0) is 19.8 Å². The first kappa shape index (κ1) is 18.3. The predicted molar refractivity (Wildman–Crippen MR) is 112 cm³/mol. The Kier molecular flexibility index (Phi) is 5.45. The molecule has 7 heteroatoms. The lowest BCUT2D eigenvalue weighted by Crippen LogP contribution is -2.22. The van der Waals surface area contributed by atoms with Crippen molar-refractivity contribution in [2.24, 2.45) is 0 Å². The highest BCUT2D eigenvalue weighted by molar-refractivity contribution is 7.71. The molecule has 0 bridgehead atoms. The molecule has 0 aliphatic heterocycles. The fourth-order valence-electron chi connectivity index (χ4n) is 3.13. The molecule has 0 saturated heterocycles. The van der Waals surface area contributed by atoms with Crippen molar-refractivity contribution >= 4 is 12.2 Å². The van der Waals surface area contributed by atoms with Gasteiger partial charge in [0.25, 0.3) is 0 Å². The van der Waals surface area contributed by atoms with Gasteiger partial charge in [-0.2, -0.15) is 10.1 Å². The molecule has 1 N–H and O–H groups in total. The lowest BCUT2D eigenvalue weighted by Gasteiger charge is -2.15. The summed E-state index contributed by atoms with van der Waals surface area (Å²) in [4.78, 5) is 6.64. The third kappa shape index (κ3) is 4.44. The molecule has 0 spiro atoms. The average molecular weight is 391 g/mol. The minimum atomic E-state index is 0.547. The molecule has 28 heavy (non-hydrogen) atoms. The fourth-order valence-corrected chi connectivity index (χ4v) is 3.32. The summed E-state index contributed by atoms with van der Waals surface area (Å²) in [6.45, 7) is 2.18. The second kappa shape index (κ2) is 8.33. The van der Waals surface area contributed by atoms with Gasteiger partial charge in [-0.15, -0.1) is 0 Å². The maximum absolute atomic E-state index is 5.41. The van der Waals surface area contributed by atoms with E-state index in [1.165, 1.54) is 5.56 Å². The van der Waals surface area contributed by atoms with E-state index in [0.29, 0.717) is 11.4 Å². The topological polar surface area (TPSA) is 54.7 Å². The number of nitrogens with zero attached hydrogens (tertiary/aromatic N) is 5. The minimum absolute atomic E-state index is 0.547. The highest BCUT2D eigenvalue weighted by Gasteiger charge is 2.08. The van der Waals surface area contributed by atoms with Crippen molar-refractivity contribution in [1.82, 2.24) is 29.4 Å². The molecule has 0 amide bonds. The van der Waals surface area contributed by atoms with Crippen LogP contribution in [0.3, 0.4) is 0 Å². The lowest BCUT2D eigenvalue weighted by molar-refractivity contribution is 0.244. The van der Waals surface area contributed by atoms with Crippen molar-refractivity contribution in [3.63, 3.8) is 0 Å². The van der Waals surface area contributed by atoms with Gasteiger partial charge < -0.3 is 0 Å². The number of benzene rings is 2. The van der Waals surface area contributed by atoms with Crippen LogP contribution in [0.15, 0.2) is 73.1 Å². The van der Waals surface area contributed by atoms with Gasteiger partial charge in [0.1, 0.15) is 0 Å². The zero-order chi connectivity index (χ0) is 19.3. The van der Waals surface area contributed by atoms with Crippen molar-refractivity contribution in [3.05, 3.63) is 89.0 Å². The summed E-state index contributed by atoms with van der Waals surface area (Å²) < 4.78 is 4.39. The molecule has 0 fully saturated rings. The van der Waals surface area contributed by atoms with E-state index in [-0.39, 0.29) is 0 Å². The van der Waals surface area contributed by atoms with Gasteiger partial charge in [0, 0.05) is 23.9 Å². The molecule has 2 aromatic heterocycles. The number of hydrogen-bond donors (Lipinski definition) is 1. The van der Waals surface area contributed by atoms with Gasteiger partial charge in [0.2, 0.25) is 4.77 Å². The molecular weight excluding hydrogens is 368 g/mol. The normalized spacial score (nSPS) is 11.2. The summed E-state index contributed by atoms with van der Waals surface area (Å²) in [6, 6.07) is 20.3. The van der Waals surface area contributed by atoms with E-state index in [4.69, 9.17) is 12.2 Å². The number of hydrogen-bond acceptors (Lipinski definition) is 4. The van der Waals surface area contributed by atoms with Gasteiger partial charge in [-0.1, -0.05) is 60.7 Å². The molecule has 2 heterocycles. The van der Waals surface area contributed by atoms with E-state index in [1.54, 1.807) is 0 Å². The lowest BCUT2D eigenvalue weighted by atomic mass is 10.2. The maximum atomic E-state index is 5.41. The Hall–Kier alpha value is -3.03. The quantitative estimate of drug-likeness (QED) is 0.486. The molecular formula is C21H22N6S.